The Hall–Kier alpha value is -2.52. The average molecular weight is 417 g/mol. The van der Waals surface area contributed by atoms with E-state index < -0.39 is 11.9 Å². The first-order chi connectivity index (χ1) is 13.5. The van der Waals surface area contributed by atoms with Crippen LogP contribution in [-0.4, -0.2) is 38.6 Å². The van der Waals surface area contributed by atoms with Gasteiger partial charge >= 0.3 is 5.97 Å². The lowest BCUT2D eigenvalue weighted by molar-refractivity contribution is -0.119. The highest BCUT2D eigenvalue weighted by atomic mass is 32.2. The number of aryl methyl sites for hydroxylation is 2. The number of hydrogen-bond acceptors (Lipinski definition) is 6. The Labute approximate surface area is 170 Å². The number of nitrogens with zero attached hydrogens (tertiary/aromatic N) is 3. The summed E-state index contributed by atoms with van der Waals surface area (Å²) in [4.78, 5) is 26.3. The fourth-order valence-corrected chi connectivity index (χ4v) is 5.62. The molecule has 9 heteroatoms. The van der Waals surface area contributed by atoms with Gasteiger partial charge in [0.1, 0.15) is 10.8 Å². The van der Waals surface area contributed by atoms with Crippen LogP contribution in [0, 0.1) is 6.92 Å². The molecule has 0 aromatic carbocycles. The first-order valence-electron chi connectivity index (χ1n) is 8.86. The van der Waals surface area contributed by atoms with E-state index in [9.17, 15) is 9.59 Å². The highest BCUT2D eigenvalue weighted by Gasteiger charge is 2.27. The molecule has 4 rings (SSSR count). The van der Waals surface area contributed by atoms with E-state index in [1.165, 1.54) is 4.88 Å². The van der Waals surface area contributed by atoms with E-state index in [1.54, 1.807) is 29.1 Å². The van der Waals surface area contributed by atoms with Crippen LogP contribution in [0.3, 0.4) is 0 Å². The predicted molar refractivity (Wildman–Crippen MR) is 110 cm³/mol. The lowest BCUT2D eigenvalue weighted by atomic mass is 10.1. The van der Waals surface area contributed by atoms with Crippen LogP contribution in [-0.2, 0) is 28.8 Å². The topological polar surface area (TPSA) is 78.1 Å². The molecule has 0 fully saturated rings. The molecule has 3 aromatic rings. The molecule has 1 aliphatic heterocycles. The van der Waals surface area contributed by atoms with Crippen molar-refractivity contribution in [1.82, 2.24) is 14.3 Å². The number of anilines is 1. The summed E-state index contributed by atoms with van der Waals surface area (Å²) in [6, 6.07) is 5.61. The van der Waals surface area contributed by atoms with Crippen molar-refractivity contribution in [2.45, 2.75) is 19.1 Å². The number of rotatable bonds is 5. The van der Waals surface area contributed by atoms with Gasteiger partial charge in [-0.1, -0.05) is 0 Å². The molecule has 0 spiro atoms. The molecule has 0 bridgehead atoms. The monoisotopic (exact) mass is 416 g/mol. The van der Waals surface area contributed by atoms with E-state index in [0.717, 1.165) is 34.2 Å². The number of amides is 1. The molecule has 0 radical (unpaired) electrons. The molecule has 28 heavy (non-hydrogen) atoms. The summed E-state index contributed by atoms with van der Waals surface area (Å²) in [5.41, 5.74) is 2.44. The van der Waals surface area contributed by atoms with Crippen LogP contribution in [0.15, 0.2) is 30.6 Å². The van der Waals surface area contributed by atoms with Crippen molar-refractivity contribution < 1.29 is 14.3 Å². The van der Waals surface area contributed by atoms with Gasteiger partial charge in [0.05, 0.1) is 11.3 Å². The third-order valence-electron chi connectivity index (χ3n) is 4.45. The fourth-order valence-electron chi connectivity index (χ4n) is 3.19. The minimum atomic E-state index is -0.454. The number of carbonyl (C=O) groups is 2. The van der Waals surface area contributed by atoms with Gasteiger partial charge in [-0.05, 0) is 36.8 Å². The molecule has 0 atom stereocenters. The SMILES string of the molecule is Cc1cc(NC(=O)COC(=O)c2c(-n3cccc3)sc3c2CCSC3)n(C)n1. The third-order valence-corrected chi connectivity index (χ3v) is 6.86. The van der Waals surface area contributed by atoms with Gasteiger partial charge in [0, 0.05) is 36.1 Å². The van der Waals surface area contributed by atoms with Gasteiger partial charge in [0.2, 0.25) is 0 Å². The summed E-state index contributed by atoms with van der Waals surface area (Å²) in [5.74, 6) is 1.61. The molecule has 0 aliphatic carbocycles. The Kier molecular flexibility index (Phi) is 5.27. The van der Waals surface area contributed by atoms with Crippen molar-refractivity contribution in [2.24, 2.45) is 7.05 Å². The summed E-state index contributed by atoms with van der Waals surface area (Å²) in [5, 5.41) is 7.75. The van der Waals surface area contributed by atoms with Crippen LogP contribution >= 0.6 is 23.1 Å². The molecule has 0 saturated carbocycles. The Morgan fingerprint density at radius 1 is 1.32 bits per heavy atom. The van der Waals surface area contributed by atoms with Gasteiger partial charge in [-0.2, -0.15) is 16.9 Å². The van der Waals surface area contributed by atoms with Crippen molar-refractivity contribution in [3.8, 4) is 5.00 Å². The summed E-state index contributed by atoms with van der Waals surface area (Å²) in [6.45, 7) is 1.50. The number of esters is 1. The molecule has 1 N–H and O–H groups in total. The van der Waals surface area contributed by atoms with E-state index in [4.69, 9.17) is 4.74 Å². The highest BCUT2D eigenvalue weighted by Crippen LogP contribution is 2.38. The fraction of sp³-hybridized carbons (Fsp3) is 0.316. The Bertz CT molecular complexity index is 1020. The number of thioether (sulfide) groups is 1. The highest BCUT2D eigenvalue weighted by molar-refractivity contribution is 7.98. The Morgan fingerprint density at radius 2 is 2.11 bits per heavy atom. The number of nitrogens with one attached hydrogen (secondary N) is 1. The number of carbonyl (C=O) groups excluding carboxylic acids is 2. The smallest absolute Gasteiger partial charge is 0.341 e. The predicted octanol–water partition coefficient (Wildman–Crippen LogP) is 3.17. The second kappa shape index (κ2) is 7.84. The summed E-state index contributed by atoms with van der Waals surface area (Å²) < 4.78 is 8.89. The van der Waals surface area contributed by atoms with Crippen LogP contribution < -0.4 is 5.32 Å². The Balaban J connectivity index is 1.51. The normalized spacial score (nSPS) is 13.2. The summed E-state index contributed by atoms with van der Waals surface area (Å²) >= 11 is 3.49. The minimum absolute atomic E-state index is 0.340. The molecule has 1 aliphatic rings. The zero-order valence-electron chi connectivity index (χ0n) is 15.6. The second-order valence-corrected chi connectivity index (χ2v) is 8.68. The van der Waals surface area contributed by atoms with E-state index in [-0.39, 0.29) is 6.61 Å². The maximum Gasteiger partial charge on any atom is 0.341 e. The van der Waals surface area contributed by atoms with Crippen LogP contribution in [0.4, 0.5) is 5.82 Å². The van der Waals surface area contributed by atoms with Gasteiger partial charge < -0.3 is 14.6 Å². The lowest BCUT2D eigenvalue weighted by Gasteiger charge is -2.13. The van der Waals surface area contributed by atoms with Gasteiger partial charge in [0.25, 0.3) is 5.91 Å². The molecule has 3 aromatic heterocycles. The third kappa shape index (κ3) is 3.72. The largest absolute Gasteiger partial charge is 0.452 e. The van der Waals surface area contributed by atoms with Crippen LogP contribution in [0.2, 0.25) is 0 Å². The van der Waals surface area contributed by atoms with Gasteiger partial charge in [-0.15, -0.1) is 11.3 Å². The quantitative estimate of drug-likeness (QED) is 0.647. The Morgan fingerprint density at radius 3 is 2.82 bits per heavy atom. The molecule has 146 valence electrons. The van der Waals surface area contributed by atoms with Gasteiger partial charge in [0.15, 0.2) is 6.61 Å². The van der Waals surface area contributed by atoms with Crippen molar-refractivity contribution in [3.63, 3.8) is 0 Å². The van der Waals surface area contributed by atoms with E-state index >= 15 is 0 Å². The minimum Gasteiger partial charge on any atom is -0.452 e. The summed E-state index contributed by atoms with van der Waals surface area (Å²) in [6.07, 6.45) is 4.67. The molecule has 7 nitrogen and oxygen atoms in total. The second-order valence-electron chi connectivity index (χ2n) is 6.50. The molecule has 0 unspecified atom stereocenters. The molecular formula is C19H20N4O3S2. The molecule has 4 heterocycles. The maximum atomic E-state index is 12.9. The molecular weight excluding hydrogens is 396 g/mol. The van der Waals surface area contributed by atoms with Gasteiger partial charge in [-0.25, -0.2) is 4.79 Å². The van der Waals surface area contributed by atoms with Crippen molar-refractivity contribution in [2.75, 3.05) is 17.7 Å². The van der Waals surface area contributed by atoms with Gasteiger partial charge in [-0.3, -0.25) is 9.48 Å². The zero-order valence-corrected chi connectivity index (χ0v) is 17.2. The van der Waals surface area contributed by atoms with Crippen molar-refractivity contribution in [1.29, 1.82) is 0 Å². The van der Waals surface area contributed by atoms with E-state index in [0.29, 0.717) is 11.4 Å². The van der Waals surface area contributed by atoms with Crippen LogP contribution in [0.25, 0.3) is 5.00 Å². The van der Waals surface area contributed by atoms with Crippen molar-refractivity contribution in [3.05, 3.63) is 52.3 Å². The standard InChI is InChI=1S/C19H20N4O3S2/c1-12-9-15(22(2)21-12)20-16(24)10-26-19(25)17-13-5-8-27-11-14(13)28-18(17)23-6-3-4-7-23/h3-4,6-7,9H,5,8,10-11H2,1-2H3,(H,20,24). The van der Waals surface area contributed by atoms with Crippen molar-refractivity contribution >= 4 is 40.8 Å². The first kappa shape index (κ1) is 18.8. The maximum absolute atomic E-state index is 12.9. The molecule has 1 amide bonds. The van der Waals surface area contributed by atoms with Crippen LogP contribution in [0.5, 0.6) is 0 Å². The number of fused-ring (bicyclic) bond motifs is 1. The summed E-state index contributed by atoms with van der Waals surface area (Å²) in [7, 11) is 1.74. The number of ether oxygens (including phenoxy) is 1. The van der Waals surface area contributed by atoms with E-state index in [2.05, 4.69) is 10.4 Å². The molecule has 0 saturated heterocycles. The van der Waals surface area contributed by atoms with E-state index in [1.807, 2.05) is 47.8 Å². The average Bonchev–Trinajstić information content (AvgIpc) is 3.38. The number of thiophene rings is 1. The zero-order chi connectivity index (χ0) is 19.7. The van der Waals surface area contributed by atoms with Crippen LogP contribution in [0.1, 0.15) is 26.5 Å². The lowest BCUT2D eigenvalue weighted by Crippen LogP contribution is -2.23. The number of hydrogen-bond donors (Lipinski definition) is 1. The number of aromatic nitrogens is 3. The first-order valence-corrected chi connectivity index (χ1v) is 10.8.